The highest BCUT2D eigenvalue weighted by Crippen LogP contribution is 2.62. The van der Waals surface area contributed by atoms with Gasteiger partial charge in [0, 0.05) is 25.9 Å². The van der Waals surface area contributed by atoms with Crippen molar-refractivity contribution in [3.05, 3.63) is 0 Å². The summed E-state index contributed by atoms with van der Waals surface area (Å²) in [5.74, 6) is 3.07. The molecule has 0 unspecified atom stereocenters. The molecular weight excluding hydrogens is 292 g/mol. The van der Waals surface area contributed by atoms with E-state index in [1.54, 1.807) is 0 Å². The van der Waals surface area contributed by atoms with Gasteiger partial charge < -0.3 is 13.3 Å². The van der Waals surface area contributed by atoms with E-state index in [9.17, 15) is 0 Å². The molecule has 3 nitrogen and oxygen atoms in total. The molecule has 0 aliphatic heterocycles. The Kier molecular flexibility index (Phi) is 5.33. The molecule has 0 saturated heterocycles. The highest BCUT2D eigenvalue weighted by Gasteiger charge is 2.52. The summed E-state index contributed by atoms with van der Waals surface area (Å²) in [6.45, 7) is 8.28. The first-order valence-electron chi connectivity index (χ1n) is 9.54. The molecule has 22 heavy (non-hydrogen) atoms. The minimum atomic E-state index is -2.45. The first kappa shape index (κ1) is 16.9. The molecule has 0 heterocycles. The third-order valence-corrected chi connectivity index (χ3v) is 9.27. The summed E-state index contributed by atoms with van der Waals surface area (Å²) in [7, 11) is -2.45. The van der Waals surface area contributed by atoms with E-state index in [0.29, 0.717) is 25.2 Å². The topological polar surface area (TPSA) is 27.7 Å². The second kappa shape index (κ2) is 6.92. The molecule has 0 amide bonds. The van der Waals surface area contributed by atoms with Crippen molar-refractivity contribution >= 4 is 8.80 Å². The molecule has 4 bridgehead atoms. The summed E-state index contributed by atoms with van der Waals surface area (Å²) in [4.78, 5) is 0. The zero-order valence-electron chi connectivity index (χ0n) is 14.7. The summed E-state index contributed by atoms with van der Waals surface area (Å²) in [6.07, 6.45) is 10.2. The van der Waals surface area contributed by atoms with E-state index < -0.39 is 8.80 Å². The van der Waals surface area contributed by atoms with Crippen molar-refractivity contribution in [2.45, 2.75) is 71.8 Å². The molecule has 4 aliphatic rings. The Labute approximate surface area is 137 Å². The molecule has 128 valence electrons. The molecule has 4 fully saturated rings. The molecule has 4 rings (SSSR count). The van der Waals surface area contributed by atoms with Crippen LogP contribution in [0.2, 0.25) is 6.04 Å². The largest absolute Gasteiger partial charge is 0.500 e. The van der Waals surface area contributed by atoms with Crippen LogP contribution in [-0.4, -0.2) is 28.6 Å². The maximum Gasteiger partial charge on any atom is 0.500 e. The second-order valence-electron chi connectivity index (χ2n) is 7.90. The second-order valence-corrected chi connectivity index (χ2v) is 10.6. The average molecular weight is 327 g/mol. The molecule has 4 saturated carbocycles. The Morgan fingerprint density at radius 2 is 1.18 bits per heavy atom. The Balaban J connectivity index is 1.66. The van der Waals surface area contributed by atoms with Crippen molar-refractivity contribution in [1.29, 1.82) is 0 Å². The van der Waals surface area contributed by atoms with Gasteiger partial charge in [-0.05, 0) is 88.9 Å². The SMILES string of the molecule is CCO[Si](CCC12CC3CC(CC(C3)C1)C2)(OCC)OCC. The van der Waals surface area contributed by atoms with Crippen LogP contribution in [0.1, 0.15) is 65.7 Å². The molecule has 0 spiro atoms. The first-order chi connectivity index (χ1) is 10.6. The van der Waals surface area contributed by atoms with Gasteiger partial charge in [-0.25, -0.2) is 0 Å². The van der Waals surface area contributed by atoms with Crippen LogP contribution in [-0.2, 0) is 13.3 Å². The van der Waals surface area contributed by atoms with Crippen LogP contribution in [0, 0.1) is 23.2 Å². The Morgan fingerprint density at radius 3 is 1.55 bits per heavy atom. The van der Waals surface area contributed by atoms with Crippen molar-refractivity contribution in [3.8, 4) is 0 Å². The molecule has 4 heteroatoms. The van der Waals surface area contributed by atoms with E-state index in [-0.39, 0.29) is 0 Å². The van der Waals surface area contributed by atoms with Crippen molar-refractivity contribution in [3.63, 3.8) is 0 Å². The molecule has 4 aliphatic carbocycles. The monoisotopic (exact) mass is 326 g/mol. The lowest BCUT2D eigenvalue weighted by atomic mass is 9.49. The average Bonchev–Trinajstić information content (AvgIpc) is 2.45. The lowest BCUT2D eigenvalue weighted by Gasteiger charge is -2.57. The maximum absolute atomic E-state index is 6.07. The zero-order chi connectivity index (χ0) is 15.6. The van der Waals surface area contributed by atoms with Crippen molar-refractivity contribution in [2.75, 3.05) is 19.8 Å². The maximum atomic E-state index is 6.07. The fourth-order valence-electron chi connectivity index (χ4n) is 6.02. The highest BCUT2D eigenvalue weighted by atomic mass is 28.4. The number of rotatable bonds is 9. The van der Waals surface area contributed by atoms with Crippen LogP contribution >= 0.6 is 0 Å². The third-order valence-electron chi connectivity index (χ3n) is 6.22. The van der Waals surface area contributed by atoms with Crippen molar-refractivity contribution < 1.29 is 13.3 Å². The quantitative estimate of drug-likeness (QED) is 0.578. The standard InChI is InChI=1S/C18H34O3Si/c1-4-19-22(20-5-2,21-6-3)8-7-18-12-15-9-16(13-18)11-17(10-15)14-18/h15-17H,4-14H2,1-3H3. The van der Waals surface area contributed by atoms with Crippen LogP contribution in [0.15, 0.2) is 0 Å². The van der Waals surface area contributed by atoms with Gasteiger partial charge in [-0.3, -0.25) is 0 Å². The molecule has 0 aromatic rings. The predicted molar refractivity (Wildman–Crippen MR) is 90.7 cm³/mol. The molecule has 0 aromatic heterocycles. The molecule has 0 radical (unpaired) electrons. The molecule has 0 aromatic carbocycles. The fourth-order valence-corrected chi connectivity index (χ4v) is 8.85. The van der Waals surface area contributed by atoms with Gasteiger partial charge in [0.1, 0.15) is 0 Å². The summed E-state index contributed by atoms with van der Waals surface area (Å²) in [6, 6.07) is 1.02. The normalized spacial score (nSPS) is 37.0. The van der Waals surface area contributed by atoms with Crippen LogP contribution in [0.3, 0.4) is 0 Å². The van der Waals surface area contributed by atoms with Crippen molar-refractivity contribution in [1.82, 2.24) is 0 Å². The van der Waals surface area contributed by atoms with Gasteiger partial charge in [0.05, 0.1) is 0 Å². The third kappa shape index (κ3) is 3.45. The molecular formula is C18H34O3Si. The zero-order valence-corrected chi connectivity index (χ0v) is 15.7. The highest BCUT2D eigenvalue weighted by molar-refractivity contribution is 6.60. The minimum absolute atomic E-state index is 0.596. The van der Waals surface area contributed by atoms with Crippen LogP contribution in [0.4, 0.5) is 0 Å². The summed E-state index contributed by atoms with van der Waals surface area (Å²) < 4.78 is 18.2. The van der Waals surface area contributed by atoms with E-state index >= 15 is 0 Å². The fraction of sp³-hybridized carbons (Fsp3) is 1.00. The summed E-state index contributed by atoms with van der Waals surface area (Å²) >= 11 is 0. The van der Waals surface area contributed by atoms with Crippen LogP contribution < -0.4 is 0 Å². The van der Waals surface area contributed by atoms with E-state index in [2.05, 4.69) is 20.8 Å². The van der Waals surface area contributed by atoms with Gasteiger partial charge in [0.25, 0.3) is 0 Å². The van der Waals surface area contributed by atoms with E-state index in [1.165, 1.54) is 44.9 Å². The van der Waals surface area contributed by atoms with Gasteiger partial charge in [-0.1, -0.05) is 0 Å². The Hall–Kier alpha value is 0.0969. The smallest absolute Gasteiger partial charge is 0.374 e. The van der Waals surface area contributed by atoms with E-state index in [0.717, 1.165) is 23.8 Å². The summed E-state index contributed by atoms with van der Waals surface area (Å²) in [5.41, 5.74) is 0.596. The van der Waals surface area contributed by atoms with Gasteiger partial charge in [0.2, 0.25) is 0 Å². The summed E-state index contributed by atoms with van der Waals surface area (Å²) in [5, 5.41) is 0. The van der Waals surface area contributed by atoms with Gasteiger partial charge in [0.15, 0.2) is 0 Å². The predicted octanol–water partition coefficient (Wildman–Crippen LogP) is 4.64. The Morgan fingerprint density at radius 1 is 0.773 bits per heavy atom. The number of hydrogen-bond donors (Lipinski definition) is 0. The Bertz CT molecular complexity index is 317. The van der Waals surface area contributed by atoms with Crippen LogP contribution in [0.5, 0.6) is 0 Å². The van der Waals surface area contributed by atoms with Gasteiger partial charge in [-0.15, -0.1) is 0 Å². The van der Waals surface area contributed by atoms with Crippen molar-refractivity contribution in [2.24, 2.45) is 23.2 Å². The van der Waals surface area contributed by atoms with E-state index in [1.807, 2.05) is 0 Å². The molecule has 0 N–H and O–H groups in total. The van der Waals surface area contributed by atoms with Gasteiger partial charge in [-0.2, -0.15) is 0 Å². The molecule has 0 atom stereocenters. The number of hydrogen-bond acceptors (Lipinski definition) is 3. The lowest BCUT2D eigenvalue weighted by molar-refractivity contribution is -0.0576. The van der Waals surface area contributed by atoms with E-state index in [4.69, 9.17) is 13.3 Å². The van der Waals surface area contributed by atoms with Crippen LogP contribution in [0.25, 0.3) is 0 Å². The minimum Gasteiger partial charge on any atom is -0.374 e. The first-order valence-corrected chi connectivity index (χ1v) is 11.5. The lowest BCUT2D eigenvalue weighted by Crippen LogP contribution is -2.50. The van der Waals surface area contributed by atoms with Gasteiger partial charge >= 0.3 is 8.80 Å².